The van der Waals surface area contributed by atoms with E-state index in [2.05, 4.69) is 45.0 Å². The van der Waals surface area contributed by atoms with Crippen molar-refractivity contribution in [2.75, 3.05) is 13.9 Å². The molecule has 0 spiro atoms. The predicted molar refractivity (Wildman–Crippen MR) is 140 cm³/mol. The topological polar surface area (TPSA) is 44.8 Å². The molecule has 0 saturated carbocycles. The van der Waals surface area contributed by atoms with Crippen LogP contribution in [0.4, 0.5) is 0 Å². The Morgan fingerprint density at radius 1 is 0.824 bits per heavy atom. The molecule has 0 aliphatic carbocycles. The fraction of sp³-hybridized carbons (Fsp3) is 0.345. The summed E-state index contributed by atoms with van der Waals surface area (Å²) in [6.07, 6.45) is -0.0844. The standard InChI is InChI=1S/C29H36O4Si/c1-23(28(32-22-31-5)24-15-9-6-10-16-24)27(21-30)33-34(29(2,3)4,25-17-11-7-12-18-25)26-19-13-8-14-20-26/h6-21,23,27-28H,22H2,1-5H3/t23-,27-,28+/m0/s1. The summed E-state index contributed by atoms with van der Waals surface area (Å²) >= 11 is 0. The molecule has 34 heavy (non-hydrogen) atoms. The van der Waals surface area contributed by atoms with Crippen LogP contribution >= 0.6 is 0 Å². The number of carbonyl (C=O) groups is 1. The molecule has 0 amide bonds. The molecule has 0 aliphatic heterocycles. The first-order chi connectivity index (χ1) is 16.3. The van der Waals surface area contributed by atoms with Crippen LogP contribution in [0.25, 0.3) is 0 Å². The molecular formula is C29H36O4Si. The summed E-state index contributed by atoms with van der Waals surface area (Å²) < 4.78 is 18.4. The maximum atomic E-state index is 12.6. The highest BCUT2D eigenvalue weighted by Gasteiger charge is 2.52. The van der Waals surface area contributed by atoms with Crippen LogP contribution in [-0.4, -0.2) is 34.6 Å². The van der Waals surface area contributed by atoms with E-state index in [1.165, 1.54) is 0 Å². The van der Waals surface area contributed by atoms with Crippen LogP contribution in [0.2, 0.25) is 5.04 Å². The Kier molecular flexibility index (Phi) is 8.97. The van der Waals surface area contributed by atoms with E-state index in [4.69, 9.17) is 13.9 Å². The van der Waals surface area contributed by atoms with Gasteiger partial charge in [0.1, 0.15) is 19.2 Å². The van der Waals surface area contributed by atoms with Gasteiger partial charge in [-0.05, 0) is 21.0 Å². The number of methoxy groups -OCH3 is 1. The zero-order valence-electron chi connectivity index (χ0n) is 20.8. The Hall–Kier alpha value is -2.57. The van der Waals surface area contributed by atoms with Crippen molar-refractivity contribution in [1.29, 1.82) is 0 Å². The Morgan fingerprint density at radius 2 is 1.29 bits per heavy atom. The first kappa shape index (κ1) is 26.0. The van der Waals surface area contributed by atoms with Crippen molar-refractivity contribution in [3.8, 4) is 0 Å². The Balaban J connectivity index is 2.10. The largest absolute Gasteiger partial charge is 0.397 e. The zero-order valence-corrected chi connectivity index (χ0v) is 21.8. The summed E-state index contributed by atoms with van der Waals surface area (Å²) in [5.74, 6) is -0.239. The van der Waals surface area contributed by atoms with Gasteiger partial charge < -0.3 is 18.7 Å². The lowest BCUT2D eigenvalue weighted by atomic mass is 9.93. The molecule has 4 nitrogen and oxygen atoms in total. The Labute approximate surface area is 205 Å². The predicted octanol–water partition coefficient (Wildman–Crippen LogP) is 5.13. The van der Waals surface area contributed by atoms with Gasteiger partial charge in [-0.25, -0.2) is 0 Å². The molecule has 0 bridgehead atoms. The lowest BCUT2D eigenvalue weighted by Crippen LogP contribution is -2.68. The molecule has 3 aromatic rings. The zero-order chi connectivity index (χ0) is 24.6. The molecule has 180 valence electrons. The molecule has 0 fully saturated rings. The Morgan fingerprint density at radius 3 is 1.71 bits per heavy atom. The SMILES string of the molecule is COCO[C@@H](c1ccccc1)[C@@H](C)[C@H](C=O)O[Si](c1ccccc1)(c1ccccc1)C(C)(C)C. The summed E-state index contributed by atoms with van der Waals surface area (Å²) in [6.45, 7) is 8.78. The molecule has 3 rings (SSSR count). The van der Waals surface area contributed by atoms with Gasteiger partial charge in [-0.1, -0.05) is 119 Å². The first-order valence-electron chi connectivity index (χ1n) is 11.7. The van der Waals surface area contributed by atoms with Gasteiger partial charge in [0, 0.05) is 13.0 Å². The second-order valence-electron chi connectivity index (χ2n) is 9.65. The summed E-state index contributed by atoms with van der Waals surface area (Å²) in [5, 5.41) is 2.05. The van der Waals surface area contributed by atoms with Gasteiger partial charge in [-0.3, -0.25) is 0 Å². The molecule has 3 aromatic carbocycles. The maximum Gasteiger partial charge on any atom is 0.262 e. The number of carbonyl (C=O) groups excluding carboxylic acids is 1. The molecule has 0 N–H and O–H groups in total. The van der Waals surface area contributed by atoms with Gasteiger partial charge in [0.15, 0.2) is 0 Å². The second-order valence-corrected chi connectivity index (χ2v) is 13.9. The van der Waals surface area contributed by atoms with Crippen LogP contribution < -0.4 is 10.4 Å². The molecule has 0 aromatic heterocycles. The maximum absolute atomic E-state index is 12.6. The van der Waals surface area contributed by atoms with Crippen LogP contribution in [0.3, 0.4) is 0 Å². The van der Waals surface area contributed by atoms with Gasteiger partial charge in [-0.2, -0.15) is 0 Å². The number of hydrogen-bond donors (Lipinski definition) is 0. The van der Waals surface area contributed by atoms with E-state index in [1.807, 2.05) is 73.7 Å². The number of hydrogen-bond acceptors (Lipinski definition) is 4. The van der Waals surface area contributed by atoms with Crippen molar-refractivity contribution in [2.45, 2.75) is 44.9 Å². The van der Waals surface area contributed by atoms with Gasteiger partial charge in [-0.15, -0.1) is 0 Å². The minimum Gasteiger partial charge on any atom is -0.397 e. The van der Waals surface area contributed by atoms with Crippen molar-refractivity contribution in [2.24, 2.45) is 5.92 Å². The smallest absolute Gasteiger partial charge is 0.262 e. The van der Waals surface area contributed by atoms with Gasteiger partial charge in [0.25, 0.3) is 8.32 Å². The van der Waals surface area contributed by atoms with Crippen LogP contribution in [0.15, 0.2) is 91.0 Å². The van der Waals surface area contributed by atoms with Crippen molar-refractivity contribution < 1.29 is 18.7 Å². The third-order valence-electron chi connectivity index (χ3n) is 6.35. The number of aldehydes is 1. The molecule has 0 unspecified atom stereocenters. The van der Waals surface area contributed by atoms with E-state index in [-0.39, 0.29) is 23.9 Å². The van der Waals surface area contributed by atoms with Crippen molar-refractivity contribution in [1.82, 2.24) is 0 Å². The third kappa shape index (κ3) is 5.56. The fourth-order valence-electron chi connectivity index (χ4n) is 4.66. The Bertz CT molecular complexity index is 963. The quantitative estimate of drug-likeness (QED) is 0.219. The molecule has 0 radical (unpaired) electrons. The molecule has 0 heterocycles. The summed E-state index contributed by atoms with van der Waals surface area (Å²) in [5.41, 5.74) is 0.991. The lowest BCUT2D eigenvalue weighted by molar-refractivity contribution is -0.128. The van der Waals surface area contributed by atoms with Crippen molar-refractivity contribution in [3.05, 3.63) is 96.6 Å². The van der Waals surface area contributed by atoms with E-state index >= 15 is 0 Å². The normalized spacial score (nSPS) is 14.9. The average Bonchev–Trinajstić information content (AvgIpc) is 2.86. The molecular weight excluding hydrogens is 440 g/mol. The minimum atomic E-state index is -2.89. The van der Waals surface area contributed by atoms with E-state index in [1.54, 1.807) is 7.11 Å². The van der Waals surface area contributed by atoms with Gasteiger partial charge in [0.2, 0.25) is 0 Å². The lowest BCUT2D eigenvalue weighted by Gasteiger charge is -2.45. The first-order valence-corrected chi connectivity index (χ1v) is 13.7. The summed E-state index contributed by atoms with van der Waals surface area (Å²) in [4.78, 5) is 12.6. The summed E-state index contributed by atoms with van der Waals surface area (Å²) in [7, 11) is -1.29. The van der Waals surface area contributed by atoms with Gasteiger partial charge in [0.05, 0.1) is 6.10 Å². The molecule has 0 saturated heterocycles. The van der Waals surface area contributed by atoms with E-state index < -0.39 is 14.4 Å². The average molecular weight is 477 g/mol. The van der Waals surface area contributed by atoms with E-state index in [0.717, 1.165) is 22.2 Å². The number of benzene rings is 3. The number of rotatable bonds is 11. The van der Waals surface area contributed by atoms with E-state index in [9.17, 15) is 4.79 Å². The third-order valence-corrected chi connectivity index (χ3v) is 11.4. The fourth-order valence-corrected chi connectivity index (χ4v) is 9.36. The second kappa shape index (κ2) is 11.7. The molecule has 3 atom stereocenters. The van der Waals surface area contributed by atoms with Crippen LogP contribution in [0.1, 0.15) is 39.4 Å². The highest BCUT2D eigenvalue weighted by molar-refractivity contribution is 6.99. The van der Waals surface area contributed by atoms with Crippen LogP contribution in [0.5, 0.6) is 0 Å². The summed E-state index contributed by atoms with van der Waals surface area (Å²) in [6, 6.07) is 30.7. The van der Waals surface area contributed by atoms with E-state index in [0.29, 0.717) is 0 Å². The molecule has 0 aliphatic rings. The number of ether oxygens (including phenoxy) is 2. The van der Waals surface area contributed by atoms with Crippen LogP contribution in [0, 0.1) is 5.92 Å². The highest BCUT2D eigenvalue weighted by Crippen LogP contribution is 2.39. The molecule has 5 heteroatoms. The van der Waals surface area contributed by atoms with Crippen molar-refractivity contribution in [3.63, 3.8) is 0 Å². The van der Waals surface area contributed by atoms with Crippen LogP contribution in [-0.2, 0) is 18.7 Å². The minimum absolute atomic E-state index is 0.134. The highest BCUT2D eigenvalue weighted by atomic mass is 28.4. The van der Waals surface area contributed by atoms with Gasteiger partial charge >= 0.3 is 0 Å². The monoisotopic (exact) mass is 476 g/mol. The van der Waals surface area contributed by atoms with Crippen molar-refractivity contribution >= 4 is 25.0 Å².